The van der Waals surface area contributed by atoms with Gasteiger partial charge in [0.1, 0.15) is 12.3 Å². The Hall–Kier alpha value is -1.78. The summed E-state index contributed by atoms with van der Waals surface area (Å²) in [7, 11) is 0. The van der Waals surface area contributed by atoms with E-state index in [1.165, 1.54) is 12.3 Å². The fourth-order valence-electron chi connectivity index (χ4n) is 1.40. The molecule has 0 bridgehead atoms. The Morgan fingerprint density at radius 2 is 2.05 bits per heavy atom. The molecule has 0 aliphatic heterocycles. The Labute approximate surface area is 120 Å². The van der Waals surface area contributed by atoms with Crippen molar-refractivity contribution in [2.24, 2.45) is 0 Å². The summed E-state index contributed by atoms with van der Waals surface area (Å²) in [4.78, 5) is 15.6. The first-order chi connectivity index (χ1) is 9.06. The molecule has 1 heterocycles. The quantitative estimate of drug-likeness (QED) is 0.882. The molecule has 1 aromatic heterocycles. The summed E-state index contributed by atoms with van der Waals surface area (Å²) in [6, 6.07) is 8.03. The van der Waals surface area contributed by atoms with Gasteiger partial charge in [-0.05, 0) is 30.3 Å². The molecule has 0 aliphatic carbocycles. The van der Waals surface area contributed by atoms with Gasteiger partial charge in [-0.2, -0.15) is 0 Å². The second-order valence-electron chi connectivity index (χ2n) is 3.79. The number of pyridine rings is 1. The first-order valence-electron chi connectivity index (χ1n) is 5.39. The van der Waals surface area contributed by atoms with Crippen LogP contribution in [-0.4, -0.2) is 11.0 Å². The highest BCUT2D eigenvalue weighted by Gasteiger charge is 2.10. The number of aromatic nitrogens is 1. The number of nitrogens with two attached hydrogens (primary N) is 1. The largest absolute Gasteiger partial charge is 0.456 e. The van der Waals surface area contributed by atoms with Crippen molar-refractivity contribution in [2.45, 2.75) is 6.61 Å². The number of benzene rings is 1. The molecule has 0 aliphatic rings. The lowest BCUT2D eigenvalue weighted by atomic mass is 10.2. The highest BCUT2D eigenvalue weighted by atomic mass is 35.5. The minimum absolute atomic E-state index is 0.0320. The average Bonchev–Trinajstić information content (AvgIpc) is 2.40. The number of rotatable bonds is 3. The van der Waals surface area contributed by atoms with Crippen molar-refractivity contribution >= 4 is 34.9 Å². The van der Waals surface area contributed by atoms with E-state index in [0.717, 1.165) is 0 Å². The summed E-state index contributed by atoms with van der Waals surface area (Å²) in [6.45, 7) is 0.0320. The van der Waals surface area contributed by atoms with Crippen molar-refractivity contribution in [1.29, 1.82) is 0 Å². The number of hydrogen-bond acceptors (Lipinski definition) is 4. The third-order valence-corrected chi connectivity index (χ3v) is 2.97. The Bertz CT molecular complexity index is 600. The van der Waals surface area contributed by atoms with Crippen LogP contribution in [-0.2, 0) is 11.3 Å². The molecule has 0 unspecified atom stereocenters. The van der Waals surface area contributed by atoms with Gasteiger partial charge in [0.05, 0.1) is 11.9 Å². The SMILES string of the molecule is Nc1ccc(C(=O)OCc2cc(Cl)ccc2Cl)nc1. The topological polar surface area (TPSA) is 65.2 Å². The molecule has 2 N–H and O–H groups in total. The van der Waals surface area contributed by atoms with Crippen molar-refractivity contribution in [1.82, 2.24) is 4.98 Å². The molecular formula is C13H10Cl2N2O2. The van der Waals surface area contributed by atoms with E-state index in [0.29, 0.717) is 21.3 Å². The smallest absolute Gasteiger partial charge is 0.357 e. The Kier molecular flexibility index (Phi) is 4.24. The zero-order valence-electron chi connectivity index (χ0n) is 9.77. The van der Waals surface area contributed by atoms with Crippen molar-refractivity contribution in [3.05, 3.63) is 57.8 Å². The van der Waals surface area contributed by atoms with Crippen LogP contribution in [0, 0.1) is 0 Å². The van der Waals surface area contributed by atoms with Crippen LogP contribution in [0.4, 0.5) is 5.69 Å². The first kappa shape index (κ1) is 13.6. The summed E-state index contributed by atoms with van der Waals surface area (Å²) in [6.07, 6.45) is 1.39. The molecule has 0 saturated carbocycles. The van der Waals surface area contributed by atoms with Crippen molar-refractivity contribution in [2.75, 3.05) is 5.73 Å². The number of esters is 1. The molecule has 2 aromatic rings. The van der Waals surface area contributed by atoms with Gasteiger partial charge in [-0.3, -0.25) is 0 Å². The fourth-order valence-corrected chi connectivity index (χ4v) is 1.76. The molecule has 2 rings (SSSR count). The van der Waals surface area contributed by atoms with Crippen LogP contribution in [0.5, 0.6) is 0 Å². The minimum atomic E-state index is -0.545. The van der Waals surface area contributed by atoms with Crippen LogP contribution < -0.4 is 5.73 Å². The van der Waals surface area contributed by atoms with Crippen LogP contribution in [0.15, 0.2) is 36.5 Å². The summed E-state index contributed by atoms with van der Waals surface area (Å²) in [5.74, 6) is -0.545. The van der Waals surface area contributed by atoms with E-state index >= 15 is 0 Å². The number of nitrogen functional groups attached to an aromatic ring is 1. The number of ether oxygens (including phenoxy) is 1. The third-order valence-electron chi connectivity index (χ3n) is 2.36. The lowest BCUT2D eigenvalue weighted by molar-refractivity contribution is 0.0466. The Morgan fingerprint density at radius 1 is 1.26 bits per heavy atom. The predicted molar refractivity (Wildman–Crippen MR) is 74.2 cm³/mol. The predicted octanol–water partition coefficient (Wildman–Crippen LogP) is 3.33. The summed E-state index contributed by atoms with van der Waals surface area (Å²) in [5, 5.41) is 1.02. The summed E-state index contributed by atoms with van der Waals surface area (Å²) in [5.41, 5.74) is 6.79. The zero-order chi connectivity index (χ0) is 13.8. The van der Waals surface area contributed by atoms with E-state index in [2.05, 4.69) is 4.98 Å². The molecular weight excluding hydrogens is 287 g/mol. The van der Waals surface area contributed by atoms with Crippen molar-refractivity contribution in [3.8, 4) is 0 Å². The third kappa shape index (κ3) is 3.59. The van der Waals surface area contributed by atoms with E-state index < -0.39 is 5.97 Å². The molecule has 0 fully saturated rings. The van der Waals surface area contributed by atoms with Gasteiger partial charge < -0.3 is 10.5 Å². The van der Waals surface area contributed by atoms with E-state index in [1.54, 1.807) is 24.3 Å². The molecule has 98 valence electrons. The molecule has 0 amide bonds. The minimum Gasteiger partial charge on any atom is -0.456 e. The van der Waals surface area contributed by atoms with Crippen LogP contribution in [0.1, 0.15) is 16.1 Å². The first-order valence-corrected chi connectivity index (χ1v) is 6.14. The maximum absolute atomic E-state index is 11.7. The number of carbonyl (C=O) groups excluding carboxylic acids is 1. The summed E-state index contributed by atoms with van der Waals surface area (Å²) >= 11 is 11.8. The van der Waals surface area contributed by atoms with Gasteiger partial charge in [-0.25, -0.2) is 9.78 Å². The molecule has 6 heteroatoms. The second kappa shape index (κ2) is 5.91. The normalized spacial score (nSPS) is 10.2. The van der Waals surface area contributed by atoms with Crippen molar-refractivity contribution in [3.63, 3.8) is 0 Å². The van der Waals surface area contributed by atoms with E-state index in [9.17, 15) is 4.79 Å². The Morgan fingerprint density at radius 3 is 2.74 bits per heavy atom. The van der Waals surface area contributed by atoms with E-state index in [4.69, 9.17) is 33.7 Å². The zero-order valence-corrected chi connectivity index (χ0v) is 11.3. The highest BCUT2D eigenvalue weighted by molar-refractivity contribution is 6.33. The standard InChI is InChI=1S/C13H10Cl2N2O2/c14-9-1-3-11(15)8(5-9)7-19-13(18)12-4-2-10(16)6-17-12/h1-6H,7,16H2. The van der Waals surface area contributed by atoms with Gasteiger partial charge >= 0.3 is 5.97 Å². The van der Waals surface area contributed by atoms with Gasteiger partial charge in [0, 0.05) is 15.6 Å². The summed E-state index contributed by atoms with van der Waals surface area (Å²) < 4.78 is 5.10. The van der Waals surface area contributed by atoms with Gasteiger partial charge in [0.2, 0.25) is 0 Å². The number of carbonyl (C=O) groups is 1. The van der Waals surface area contributed by atoms with Gasteiger partial charge in [0.25, 0.3) is 0 Å². The average molecular weight is 297 g/mol. The second-order valence-corrected chi connectivity index (χ2v) is 4.63. The van der Waals surface area contributed by atoms with Crippen molar-refractivity contribution < 1.29 is 9.53 Å². The molecule has 4 nitrogen and oxygen atoms in total. The fraction of sp³-hybridized carbons (Fsp3) is 0.0769. The molecule has 19 heavy (non-hydrogen) atoms. The monoisotopic (exact) mass is 296 g/mol. The highest BCUT2D eigenvalue weighted by Crippen LogP contribution is 2.21. The number of nitrogens with zero attached hydrogens (tertiary/aromatic N) is 1. The van der Waals surface area contributed by atoms with Crippen LogP contribution in [0.2, 0.25) is 10.0 Å². The molecule has 1 aromatic carbocycles. The van der Waals surface area contributed by atoms with Crippen LogP contribution in [0.3, 0.4) is 0 Å². The maximum atomic E-state index is 11.7. The van der Waals surface area contributed by atoms with Crippen LogP contribution >= 0.6 is 23.2 Å². The maximum Gasteiger partial charge on any atom is 0.357 e. The lowest BCUT2D eigenvalue weighted by Crippen LogP contribution is -2.07. The number of anilines is 1. The molecule has 0 saturated heterocycles. The molecule has 0 radical (unpaired) electrons. The number of halogens is 2. The Balaban J connectivity index is 2.04. The molecule has 0 spiro atoms. The van der Waals surface area contributed by atoms with Gasteiger partial charge in [-0.1, -0.05) is 23.2 Å². The van der Waals surface area contributed by atoms with E-state index in [1.807, 2.05) is 0 Å². The molecule has 0 atom stereocenters. The number of hydrogen-bond donors (Lipinski definition) is 1. The lowest BCUT2D eigenvalue weighted by Gasteiger charge is -2.06. The van der Waals surface area contributed by atoms with Crippen LogP contribution in [0.25, 0.3) is 0 Å². The van der Waals surface area contributed by atoms with Gasteiger partial charge in [-0.15, -0.1) is 0 Å². The van der Waals surface area contributed by atoms with E-state index in [-0.39, 0.29) is 12.3 Å². The van der Waals surface area contributed by atoms with Gasteiger partial charge in [0.15, 0.2) is 0 Å².